The Hall–Kier alpha value is -2.21. The van der Waals surface area contributed by atoms with Crippen molar-refractivity contribution in [3.05, 3.63) is 87.3 Å². The Bertz CT molecular complexity index is 1600. The van der Waals surface area contributed by atoms with Gasteiger partial charge in [-0.25, -0.2) is 0 Å². The van der Waals surface area contributed by atoms with Crippen LogP contribution in [0.4, 0.5) is 23.7 Å². The van der Waals surface area contributed by atoms with E-state index in [9.17, 15) is 27.6 Å². The topological polar surface area (TPSA) is 84.9 Å². The number of anilines is 1. The van der Waals surface area contributed by atoms with E-state index in [1.54, 1.807) is 30.3 Å². The van der Waals surface area contributed by atoms with Gasteiger partial charge in [-0.2, -0.15) is 13.2 Å². The molecule has 4 rings (SSSR count). The van der Waals surface area contributed by atoms with Crippen molar-refractivity contribution in [3.63, 3.8) is 0 Å². The number of thioether (sulfide) groups is 1. The highest BCUT2D eigenvalue weighted by Crippen LogP contribution is 2.37. The van der Waals surface area contributed by atoms with Crippen LogP contribution in [0.15, 0.2) is 53.4 Å². The Kier molecular flexibility index (Phi) is 10.6. The monoisotopic (exact) mass is 862 g/mol. The third kappa shape index (κ3) is 7.84. The Morgan fingerprint density at radius 2 is 1.76 bits per heavy atom. The highest BCUT2D eigenvalue weighted by Gasteiger charge is 2.37. The number of nitrogens with one attached hydrogen (secondary N) is 1. The van der Waals surface area contributed by atoms with Crippen molar-refractivity contribution in [1.29, 1.82) is 0 Å². The number of nitrogens with zero attached hydrogens (tertiary/aromatic N) is 1. The summed E-state index contributed by atoms with van der Waals surface area (Å²) in [7, 11) is 1.23. The lowest BCUT2D eigenvalue weighted by Gasteiger charge is -2.16. The van der Waals surface area contributed by atoms with Crippen LogP contribution < -0.4 is 14.8 Å². The number of alkyl halides is 3. The first-order valence-electron chi connectivity index (χ1n) is 11.6. The molecule has 3 aromatic rings. The molecule has 0 bridgehead atoms. The van der Waals surface area contributed by atoms with E-state index in [1.165, 1.54) is 13.2 Å². The van der Waals surface area contributed by atoms with Crippen molar-refractivity contribution in [2.45, 2.75) is 12.8 Å². The second-order valence-electron chi connectivity index (χ2n) is 8.57. The zero-order valence-corrected chi connectivity index (χ0v) is 27.8. The molecular weight excluding hydrogens is 846 g/mol. The smallest absolute Gasteiger partial charge is 0.416 e. The van der Waals surface area contributed by atoms with Crippen molar-refractivity contribution in [1.82, 2.24) is 4.90 Å². The van der Waals surface area contributed by atoms with Gasteiger partial charge in [-0.1, -0.05) is 29.3 Å². The quantitative estimate of drug-likeness (QED) is 0.181. The predicted molar refractivity (Wildman–Crippen MR) is 172 cm³/mol. The molecule has 1 N–H and O–H groups in total. The van der Waals surface area contributed by atoms with E-state index >= 15 is 0 Å². The van der Waals surface area contributed by atoms with Crippen molar-refractivity contribution >= 4 is 109 Å². The van der Waals surface area contributed by atoms with Crippen molar-refractivity contribution in [3.8, 4) is 11.5 Å². The van der Waals surface area contributed by atoms with Crippen molar-refractivity contribution in [2.24, 2.45) is 0 Å². The Balaban J connectivity index is 1.46. The molecule has 1 aliphatic heterocycles. The number of hydrogen-bond donors (Lipinski definition) is 1. The summed E-state index contributed by atoms with van der Waals surface area (Å²) >= 11 is 17.0. The molecule has 3 aromatic carbocycles. The molecule has 42 heavy (non-hydrogen) atoms. The lowest BCUT2D eigenvalue weighted by Crippen LogP contribution is -2.36. The second kappa shape index (κ2) is 13.6. The standard InChI is InChI=1S/C27H17Cl2F3I2N2O5S/c1-40-21-5-3-15(27(30,31)32)9-20(21)35-23(37)11-36-25(38)22(42-26(36)39)8-13-6-18(33)24(19(34)7-13)41-12-14-2-4-16(28)10-17(14)29/h2-10H,11-12H2,1H3,(H,35,37)/b22-8-. The number of rotatable bonds is 8. The molecule has 0 spiro atoms. The third-order valence-corrected chi connectivity index (χ3v) is 8.78. The summed E-state index contributed by atoms with van der Waals surface area (Å²) in [5, 5.41) is 2.58. The summed E-state index contributed by atoms with van der Waals surface area (Å²) in [6.07, 6.45) is -3.13. The molecule has 0 atom stereocenters. The summed E-state index contributed by atoms with van der Waals surface area (Å²) in [5.41, 5.74) is 0.122. The molecule has 220 valence electrons. The minimum absolute atomic E-state index is 0.0155. The zero-order valence-electron chi connectivity index (χ0n) is 21.2. The number of imide groups is 1. The molecule has 1 aliphatic rings. The van der Waals surface area contributed by atoms with Crippen LogP contribution in [0.1, 0.15) is 16.7 Å². The lowest BCUT2D eigenvalue weighted by molar-refractivity contribution is -0.137. The number of carbonyl (C=O) groups excluding carboxylic acids is 3. The average Bonchev–Trinajstić information content (AvgIpc) is 3.15. The van der Waals surface area contributed by atoms with Crippen molar-refractivity contribution in [2.75, 3.05) is 19.0 Å². The van der Waals surface area contributed by atoms with Crippen LogP contribution in [-0.4, -0.2) is 35.6 Å². The number of ether oxygens (including phenoxy) is 2. The number of benzene rings is 3. The maximum Gasteiger partial charge on any atom is 0.416 e. The van der Waals surface area contributed by atoms with Gasteiger partial charge < -0.3 is 14.8 Å². The maximum absolute atomic E-state index is 13.1. The molecule has 7 nitrogen and oxygen atoms in total. The first-order chi connectivity index (χ1) is 19.8. The number of halogens is 7. The predicted octanol–water partition coefficient (Wildman–Crippen LogP) is 8.48. The fourth-order valence-electron chi connectivity index (χ4n) is 3.69. The fraction of sp³-hybridized carbons (Fsp3) is 0.148. The second-order valence-corrected chi connectivity index (χ2v) is 12.7. The van der Waals surface area contributed by atoms with Crippen LogP contribution in [0.2, 0.25) is 10.0 Å². The van der Waals surface area contributed by atoms with Crippen LogP contribution in [-0.2, 0) is 22.4 Å². The molecular formula is C27H17Cl2F3I2N2O5S. The van der Waals surface area contributed by atoms with Gasteiger partial charge in [-0.15, -0.1) is 0 Å². The van der Waals surface area contributed by atoms with E-state index in [4.69, 9.17) is 32.7 Å². The highest BCUT2D eigenvalue weighted by molar-refractivity contribution is 14.1. The largest absolute Gasteiger partial charge is 0.495 e. The van der Waals surface area contributed by atoms with Gasteiger partial charge in [0, 0.05) is 15.6 Å². The van der Waals surface area contributed by atoms with E-state index in [0.717, 1.165) is 29.7 Å². The number of amides is 3. The molecule has 0 radical (unpaired) electrons. The van der Waals surface area contributed by atoms with Crippen LogP contribution in [0.3, 0.4) is 0 Å². The number of carbonyl (C=O) groups is 3. The SMILES string of the molecule is COc1ccc(C(F)(F)F)cc1NC(=O)CN1C(=O)S/C(=C\c2cc(I)c(OCc3ccc(Cl)cc3Cl)c(I)c2)C1=O. The lowest BCUT2D eigenvalue weighted by atomic mass is 10.1. The van der Waals surface area contributed by atoms with E-state index in [1.807, 2.05) is 0 Å². The van der Waals surface area contributed by atoms with Crippen LogP contribution in [0, 0.1) is 7.14 Å². The summed E-state index contributed by atoms with van der Waals surface area (Å²) < 4.78 is 51.8. The summed E-state index contributed by atoms with van der Waals surface area (Å²) in [4.78, 5) is 39.0. The van der Waals surface area contributed by atoms with Gasteiger partial charge in [0.15, 0.2) is 0 Å². The molecule has 0 unspecified atom stereocenters. The maximum atomic E-state index is 13.1. The third-order valence-electron chi connectivity index (χ3n) is 5.68. The summed E-state index contributed by atoms with van der Waals surface area (Å²) in [5.74, 6) is -0.992. The Labute approximate surface area is 279 Å². The zero-order chi connectivity index (χ0) is 30.8. The molecule has 1 fully saturated rings. The van der Waals surface area contributed by atoms with Gasteiger partial charge in [-0.3, -0.25) is 19.3 Å². The van der Waals surface area contributed by atoms with Crippen LogP contribution >= 0.6 is 80.1 Å². The van der Waals surface area contributed by atoms with Gasteiger partial charge >= 0.3 is 6.18 Å². The highest BCUT2D eigenvalue weighted by atomic mass is 127. The normalized spacial score (nSPS) is 14.5. The molecule has 0 aliphatic carbocycles. The summed E-state index contributed by atoms with van der Waals surface area (Å²) in [6, 6.07) is 11.2. The Morgan fingerprint density at radius 1 is 1.07 bits per heavy atom. The molecule has 0 saturated carbocycles. The van der Waals surface area contributed by atoms with E-state index in [2.05, 4.69) is 50.5 Å². The first kappa shape index (κ1) is 32.7. The van der Waals surface area contributed by atoms with Gasteiger partial charge in [-0.05, 0) is 111 Å². The van der Waals surface area contributed by atoms with Crippen LogP contribution in [0.25, 0.3) is 6.08 Å². The first-order valence-corrected chi connectivity index (χ1v) is 15.4. The molecule has 15 heteroatoms. The fourth-order valence-corrected chi connectivity index (χ4v) is 7.12. The van der Waals surface area contributed by atoms with E-state index < -0.39 is 35.3 Å². The van der Waals surface area contributed by atoms with Gasteiger partial charge in [0.1, 0.15) is 24.7 Å². The Morgan fingerprint density at radius 3 is 2.38 bits per heavy atom. The van der Waals surface area contributed by atoms with Gasteiger partial charge in [0.25, 0.3) is 11.1 Å². The minimum atomic E-state index is -4.65. The van der Waals surface area contributed by atoms with Crippen LogP contribution in [0.5, 0.6) is 11.5 Å². The molecule has 3 amide bonds. The number of methoxy groups -OCH3 is 1. The van der Waals surface area contributed by atoms with E-state index in [-0.39, 0.29) is 22.9 Å². The minimum Gasteiger partial charge on any atom is -0.495 e. The average molecular weight is 863 g/mol. The number of hydrogen-bond acceptors (Lipinski definition) is 6. The molecule has 0 aromatic heterocycles. The molecule has 1 saturated heterocycles. The van der Waals surface area contributed by atoms with E-state index in [0.29, 0.717) is 39.2 Å². The van der Waals surface area contributed by atoms with Gasteiger partial charge in [0.05, 0.1) is 30.4 Å². The molecule has 1 heterocycles. The van der Waals surface area contributed by atoms with Crippen molar-refractivity contribution < 1.29 is 37.0 Å². The van der Waals surface area contributed by atoms with Gasteiger partial charge in [0.2, 0.25) is 5.91 Å². The summed E-state index contributed by atoms with van der Waals surface area (Å²) in [6.45, 7) is -0.495.